The van der Waals surface area contributed by atoms with Crippen LogP contribution >= 0.6 is 11.6 Å². The van der Waals surface area contributed by atoms with Gasteiger partial charge in [-0.2, -0.15) is 0 Å². The van der Waals surface area contributed by atoms with E-state index in [-0.39, 0.29) is 34.1 Å². The van der Waals surface area contributed by atoms with Gasteiger partial charge in [0.25, 0.3) is 10.0 Å². The number of benzene rings is 3. The van der Waals surface area contributed by atoms with Crippen LogP contribution < -0.4 is 9.62 Å². The number of carbonyl (C=O) groups is 2. The molecule has 3 rings (SSSR count). The number of nitrogens with zero attached hydrogens (tertiary/aromatic N) is 2. The van der Waals surface area contributed by atoms with E-state index in [1.165, 1.54) is 29.2 Å². The SMILES string of the molecule is CC[C@H](C(=O)N[C@@H](C)CC)N(CCc1ccccc1)C(=O)CN(c1ccc(F)c(Cl)c1)S(=O)(=O)c1ccccc1. The van der Waals surface area contributed by atoms with Gasteiger partial charge in [-0.15, -0.1) is 0 Å². The van der Waals surface area contributed by atoms with Crippen LogP contribution in [0.2, 0.25) is 5.02 Å². The van der Waals surface area contributed by atoms with E-state index in [9.17, 15) is 22.4 Å². The minimum Gasteiger partial charge on any atom is -0.352 e. The number of hydrogen-bond acceptors (Lipinski definition) is 4. The molecule has 1 N–H and O–H groups in total. The summed E-state index contributed by atoms with van der Waals surface area (Å²) in [6.07, 6.45) is 1.51. The first kappa shape index (κ1) is 31.1. The van der Waals surface area contributed by atoms with Crippen LogP contribution in [0.4, 0.5) is 10.1 Å². The van der Waals surface area contributed by atoms with E-state index in [1.54, 1.807) is 18.2 Å². The van der Waals surface area contributed by atoms with Gasteiger partial charge >= 0.3 is 0 Å². The molecule has 0 aliphatic rings. The second-order valence-electron chi connectivity index (χ2n) is 9.49. The van der Waals surface area contributed by atoms with Gasteiger partial charge in [-0.1, -0.05) is 74.0 Å². The Balaban J connectivity index is 2.02. The lowest BCUT2D eigenvalue weighted by molar-refractivity contribution is -0.139. The summed E-state index contributed by atoms with van der Waals surface area (Å²) in [6.45, 7) is 5.22. The summed E-state index contributed by atoms with van der Waals surface area (Å²) < 4.78 is 42.4. The lowest BCUT2D eigenvalue weighted by atomic mass is 10.1. The predicted molar refractivity (Wildman–Crippen MR) is 156 cm³/mol. The number of halogens is 2. The van der Waals surface area contributed by atoms with Crippen molar-refractivity contribution in [1.29, 1.82) is 0 Å². The lowest BCUT2D eigenvalue weighted by Crippen LogP contribution is -2.54. The molecule has 0 spiro atoms. The standard InChI is InChI=1S/C30H35ClFN3O4S/c1-4-22(3)33-30(37)28(5-2)34(19-18-23-12-8-6-9-13-23)29(36)21-35(24-16-17-27(32)26(31)20-24)40(38,39)25-14-10-7-11-15-25/h6-17,20,22,28H,4-5,18-19,21H2,1-3H3,(H,33,37)/t22-,28+/m0/s1. The molecule has 0 saturated heterocycles. The number of sulfonamides is 1. The second kappa shape index (κ2) is 14.3. The van der Waals surface area contributed by atoms with E-state index in [1.807, 2.05) is 51.1 Å². The Labute approximate surface area is 241 Å². The average Bonchev–Trinajstić information content (AvgIpc) is 2.96. The van der Waals surface area contributed by atoms with Crippen molar-refractivity contribution in [1.82, 2.24) is 10.2 Å². The smallest absolute Gasteiger partial charge is 0.264 e. The molecule has 0 bridgehead atoms. The molecule has 10 heteroatoms. The fourth-order valence-corrected chi connectivity index (χ4v) is 5.83. The van der Waals surface area contributed by atoms with Gasteiger partial charge in [0.2, 0.25) is 11.8 Å². The topological polar surface area (TPSA) is 86.8 Å². The molecule has 0 heterocycles. The predicted octanol–water partition coefficient (Wildman–Crippen LogP) is 5.44. The summed E-state index contributed by atoms with van der Waals surface area (Å²) in [5.74, 6) is -1.59. The Bertz CT molecular complexity index is 1390. The zero-order valence-corrected chi connectivity index (χ0v) is 24.5. The van der Waals surface area contributed by atoms with Gasteiger partial charge in [0.05, 0.1) is 15.6 Å². The summed E-state index contributed by atoms with van der Waals surface area (Å²) >= 11 is 6.00. The van der Waals surface area contributed by atoms with Crippen molar-refractivity contribution >= 4 is 39.1 Å². The lowest BCUT2D eigenvalue weighted by Gasteiger charge is -2.33. The molecule has 7 nitrogen and oxygen atoms in total. The molecule has 0 fully saturated rings. The summed E-state index contributed by atoms with van der Waals surface area (Å²) in [5.41, 5.74) is 1.00. The third-order valence-corrected chi connectivity index (χ3v) is 8.75. The molecule has 3 aromatic rings. The number of amides is 2. The van der Waals surface area contributed by atoms with E-state index in [0.717, 1.165) is 15.9 Å². The maximum Gasteiger partial charge on any atom is 0.264 e. The molecule has 2 atom stereocenters. The highest BCUT2D eigenvalue weighted by Crippen LogP contribution is 2.28. The molecular weight excluding hydrogens is 553 g/mol. The van der Waals surface area contributed by atoms with Crippen molar-refractivity contribution in [3.05, 3.63) is 95.3 Å². The highest BCUT2D eigenvalue weighted by Gasteiger charge is 2.33. The largest absolute Gasteiger partial charge is 0.352 e. The fraction of sp³-hybridized carbons (Fsp3) is 0.333. The van der Waals surface area contributed by atoms with E-state index >= 15 is 0 Å². The zero-order chi connectivity index (χ0) is 29.3. The molecule has 2 amide bonds. The van der Waals surface area contributed by atoms with E-state index in [4.69, 9.17) is 11.6 Å². The monoisotopic (exact) mass is 587 g/mol. The molecule has 214 valence electrons. The number of hydrogen-bond donors (Lipinski definition) is 1. The Morgan fingerprint density at radius 3 is 2.15 bits per heavy atom. The maximum absolute atomic E-state index is 14.0. The summed E-state index contributed by atoms with van der Waals surface area (Å²) in [7, 11) is -4.25. The van der Waals surface area contributed by atoms with Crippen LogP contribution in [0.25, 0.3) is 0 Å². The maximum atomic E-state index is 14.0. The van der Waals surface area contributed by atoms with E-state index < -0.39 is 34.3 Å². The van der Waals surface area contributed by atoms with Gasteiger partial charge in [-0.05, 0) is 62.1 Å². The van der Waals surface area contributed by atoms with Crippen molar-refractivity contribution in [2.45, 2.75) is 57.0 Å². The highest BCUT2D eigenvalue weighted by atomic mass is 35.5. The number of nitrogens with one attached hydrogen (secondary N) is 1. The first-order valence-corrected chi connectivity index (χ1v) is 15.1. The van der Waals surface area contributed by atoms with Gasteiger partial charge in [0, 0.05) is 12.6 Å². The average molecular weight is 588 g/mol. The minimum atomic E-state index is -4.25. The molecule has 0 aromatic heterocycles. The molecule has 0 saturated carbocycles. The fourth-order valence-electron chi connectivity index (χ4n) is 4.23. The Kier molecular flexibility index (Phi) is 11.1. The third-order valence-electron chi connectivity index (χ3n) is 6.67. The normalized spacial score (nSPS) is 12.8. The number of rotatable bonds is 13. The number of anilines is 1. The van der Waals surface area contributed by atoms with Crippen LogP contribution in [0.15, 0.2) is 83.8 Å². The number of carbonyl (C=O) groups excluding carboxylic acids is 2. The summed E-state index contributed by atoms with van der Waals surface area (Å²) in [4.78, 5) is 28.6. The van der Waals surface area contributed by atoms with E-state index in [0.29, 0.717) is 19.3 Å². The van der Waals surface area contributed by atoms with Gasteiger partial charge < -0.3 is 10.2 Å². The zero-order valence-electron chi connectivity index (χ0n) is 22.9. The van der Waals surface area contributed by atoms with Crippen LogP contribution in [-0.2, 0) is 26.0 Å². The molecule has 0 radical (unpaired) electrons. The second-order valence-corrected chi connectivity index (χ2v) is 11.8. The molecule has 0 aliphatic carbocycles. The van der Waals surface area contributed by atoms with Crippen molar-refractivity contribution in [3.63, 3.8) is 0 Å². The first-order valence-electron chi connectivity index (χ1n) is 13.2. The van der Waals surface area contributed by atoms with E-state index in [2.05, 4.69) is 5.32 Å². The summed E-state index contributed by atoms with van der Waals surface area (Å²) in [6, 6.07) is 19.8. The molecular formula is C30H35ClFN3O4S. The Morgan fingerprint density at radius 1 is 0.950 bits per heavy atom. The van der Waals surface area contributed by atoms with Crippen LogP contribution in [0.1, 0.15) is 39.2 Å². The van der Waals surface area contributed by atoms with Crippen molar-refractivity contribution in [2.75, 3.05) is 17.4 Å². The molecule has 0 aliphatic heterocycles. The molecule has 3 aromatic carbocycles. The highest BCUT2D eigenvalue weighted by molar-refractivity contribution is 7.92. The van der Waals surface area contributed by atoms with Crippen LogP contribution in [0.3, 0.4) is 0 Å². The van der Waals surface area contributed by atoms with Gasteiger partial charge in [-0.3, -0.25) is 13.9 Å². The Morgan fingerprint density at radius 2 is 1.57 bits per heavy atom. The van der Waals surface area contributed by atoms with Crippen LogP contribution in [0, 0.1) is 5.82 Å². The van der Waals surface area contributed by atoms with Gasteiger partial charge in [0.15, 0.2) is 0 Å². The summed E-state index contributed by atoms with van der Waals surface area (Å²) in [5, 5.41) is 2.67. The third kappa shape index (κ3) is 7.82. The Hall–Kier alpha value is -3.43. The van der Waals surface area contributed by atoms with Gasteiger partial charge in [-0.25, -0.2) is 12.8 Å². The first-order chi connectivity index (χ1) is 19.1. The van der Waals surface area contributed by atoms with Crippen molar-refractivity contribution < 1.29 is 22.4 Å². The van der Waals surface area contributed by atoms with Crippen molar-refractivity contribution in [3.8, 4) is 0 Å². The van der Waals surface area contributed by atoms with Crippen LogP contribution in [0.5, 0.6) is 0 Å². The molecule has 0 unspecified atom stereocenters. The molecule has 40 heavy (non-hydrogen) atoms. The van der Waals surface area contributed by atoms with Crippen molar-refractivity contribution in [2.24, 2.45) is 0 Å². The quantitative estimate of drug-likeness (QED) is 0.289. The van der Waals surface area contributed by atoms with Gasteiger partial charge in [0.1, 0.15) is 18.4 Å². The minimum absolute atomic E-state index is 0.0312. The van der Waals surface area contributed by atoms with Crippen LogP contribution in [-0.4, -0.2) is 50.3 Å².